The zero-order chi connectivity index (χ0) is 12.8. The highest BCUT2D eigenvalue weighted by Gasteiger charge is 2.17. The summed E-state index contributed by atoms with van der Waals surface area (Å²) in [6.45, 7) is -0.320. The summed E-state index contributed by atoms with van der Waals surface area (Å²) in [5.74, 6) is -1.53. The number of aromatic amines is 1. The molecule has 0 aliphatic rings. The van der Waals surface area contributed by atoms with Crippen LogP contribution in [0.4, 0.5) is 0 Å². The minimum atomic E-state index is -1.45. The van der Waals surface area contributed by atoms with Gasteiger partial charge < -0.3 is 20.1 Å². The molecule has 7 nitrogen and oxygen atoms in total. The average Bonchev–Trinajstić information content (AvgIpc) is 2.35. The van der Waals surface area contributed by atoms with Crippen molar-refractivity contribution in [2.75, 3.05) is 13.7 Å². The van der Waals surface area contributed by atoms with Crippen LogP contribution in [0.2, 0.25) is 0 Å². The highest BCUT2D eigenvalue weighted by Crippen LogP contribution is 1.90. The Kier molecular flexibility index (Phi) is 4.41. The van der Waals surface area contributed by atoms with Gasteiger partial charge in [0, 0.05) is 18.5 Å². The summed E-state index contributed by atoms with van der Waals surface area (Å²) < 4.78 is 4.27. The molecule has 1 aromatic heterocycles. The largest absolute Gasteiger partial charge is 0.467 e. The molecule has 0 aliphatic carbocycles. The van der Waals surface area contributed by atoms with Crippen molar-refractivity contribution in [1.29, 1.82) is 0 Å². The molecule has 1 aromatic rings. The van der Waals surface area contributed by atoms with Gasteiger partial charge >= 0.3 is 5.97 Å². The third-order valence-corrected chi connectivity index (χ3v) is 2.00. The van der Waals surface area contributed by atoms with E-state index in [1.807, 2.05) is 0 Å². The fourth-order valence-corrected chi connectivity index (χ4v) is 1.10. The molecule has 0 bridgehead atoms. The van der Waals surface area contributed by atoms with Crippen molar-refractivity contribution in [2.45, 2.75) is 6.10 Å². The number of aromatic nitrogens is 1. The molecule has 0 aromatic carbocycles. The second-order valence-corrected chi connectivity index (χ2v) is 3.17. The fourth-order valence-electron chi connectivity index (χ4n) is 1.10. The summed E-state index contributed by atoms with van der Waals surface area (Å²) in [6.07, 6.45) is 1.18. The van der Waals surface area contributed by atoms with Gasteiger partial charge in [-0.05, 0) is 0 Å². The quantitative estimate of drug-likeness (QED) is 0.563. The topological polar surface area (TPSA) is 108 Å². The molecule has 17 heavy (non-hydrogen) atoms. The van der Waals surface area contributed by atoms with Gasteiger partial charge in [0.05, 0.1) is 13.7 Å². The molecule has 1 amide bonds. The van der Waals surface area contributed by atoms with E-state index in [-0.39, 0.29) is 12.1 Å². The van der Waals surface area contributed by atoms with Crippen LogP contribution < -0.4 is 10.7 Å². The van der Waals surface area contributed by atoms with Crippen LogP contribution in [-0.4, -0.2) is 41.7 Å². The molecule has 0 fully saturated rings. The Morgan fingerprint density at radius 2 is 2.29 bits per heavy atom. The Labute approximate surface area is 96.4 Å². The molecule has 1 rings (SSSR count). The predicted octanol–water partition coefficient (Wildman–Crippen LogP) is -1.36. The molecule has 0 aliphatic heterocycles. The number of hydrogen-bond donors (Lipinski definition) is 3. The summed E-state index contributed by atoms with van der Waals surface area (Å²) in [6, 6.07) is 1.20. The lowest BCUT2D eigenvalue weighted by Crippen LogP contribution is -2.38. The van der Waals surface area contributed by atoms with Gasteiger partial charge in [-0.15, -0.1) is 0 Å². The van der Waals surface area contributed by atoms with Crippen LogP contribution >= 0.6 is 0 Å². The molecule has 1 unspecified atom stereocenters. The van der Waals surface area contributed by atoms with Crippen LogP contribution in [0.15, 0.2) is 23.3 Å². The number of methoxy groups -OCH3 is 1. The second-order valence-electron chi connectivity index (χ2n) is 3.17. The number of aliphatic hydroxyl groups excluding tert-OH is 1. The highest BCUT2D eigenvalue weighted by molar-refractivity contribution is 5.94. The highest BCUT2D eigenvalue weighted by atomic mass is 16.5. The van der Waals surface area contributed by atoms with Crippen molar-refractivity contribution in [2.24, 2.45) is 0 Å². The first-order chi connectivity index (χ1) is 8.06. The number of H-pyrrole nitrogens is 1. The van der Waals surface area contributed by atoms with Crippen molar-refractivity contribution in [3.05, 3.63) is 34.2 Å². The number of carbonyl (C=O) groups excluding carboxylic acids is 2. The molecule has 7 heteroatoms. The van der Waals surface area contributed by atoms with Gasteiger partial charge in [0.1, 0.15) is 5.56 Å². The van der Waals surface area contributed by atoms with Gasteiger partial charge in [-0.1, -0.05) is 0 Å². The second kappa shape index (κ2) is 5.80. The maximum absolute atomic E-state index is 11.5. The van der Waals surface area contributed by atoms with Crippen LogP contribution in [0.3, 0.4) is 0 Å². The number of amides is 1. The zero-order valence-corrected chi connectivity index (χ0v) is 9.10. The van der Waals surface area contributed by atoms with Crippen LogP contribution in [0.1, 0.15) is 10.4 Å². The standard InChI is InChI=1S/C10H12N2O5/c1-17-10(16)8(14)5-12-9(15)6-4-11-3-2-7(6)13/h2-4,8,14H,5H2,1H3,(H,11,13)(H,12,15). The molecule has 1 atom stereocenters. The molecular weight excluding hydrogens is 228 g/mol. The van der Waals surface area contributed by atoms with E-state index in [1.54, 1.807) is 0 Å². The number of nitrogens with one attached hydrogen (secondary N) is 2. The van der Waals surface area contributed by atoms with Crippen molar-refractivity contribution in [3.8, 4) is 0 Å². The first kappa shape index (κ1) is 12.9. The van der Waals surface area contributed by atoms with E-state index >= 15 is 0 Å². The third-order valence-electron chi connectivity index (χ3n) is 2.00. The zero-order valence-electron chi connectivity index (χ0n) is 9.10. The maximum Gasteiger partial charge on any atom is 0.336 e. The Balaban J connectivity index is 2.60. The van der Waals surface area contributed by atoms with Gasteiger partial charge in [0.2, 0.25) is 0 Å². The lowest BCUT2D eigenvalue weighted by molar-refractivity contribution is -0.149. The Hall–Kier alpha value is -2.15. The SMILES string of the molecule is COC(=O)C(O)CNC(=O)c1c[nH]ccc1=O. The predicted molar refractivity (Wildman–Crippen MR) is 57.4 cm³/mol. The summed E-state index contributed by atoms with van der Waals surface area (Å²) in [5.41, 5.74) is -0.543. The average molecular weight is 240 g/mol. The lowest BCUT2D eigenvalue weighted by Gasteiger charge is -2.09. The van der Waals surface area contributed by atoms with Crippen LogP contribution in [-0.2, 0) is 9.53 Å². The summed E-state index contributed by atoms with van der Waals surface area (Å²) in [7, 11) is 1.12. The van der Waals surface area contributed by atoms with Crippen molar-refractivity contribution >= 4 is 11.9 Å². The van der Waals surface area contributed by atoms with E-state index in [1.165, 1.54) is 18.5 Å². The normalized spacial score (nSPS) is 11.6. The number of ether oxygens (including phenoxy) is 1. The molecule has 3 N–H and O–H groups in total. The summed E-state index contributed by atoms with van der Waals surface area (Å²) in [5, 5.41) is 11.5. The summed E-state index contributed by atoms with van der Waals surface area (Å²) >= 11 is 0. The fraction of sp³-hybridized carbons (Fsp3) is 0.300. The van der Waals surface area contributed by atoms with Crippen LogP contribution in [0, 0.1) is 0 Å². The Bertz CT molecular complexity index is 468. The van der Waals surface area contributed by atoms with E-state index < -0.39 is 23.4 Å². The number of esters is 1. The molecule has 0 spiro atoms. The smallest absolute Gasteiger partial charge is 0.336 e. The molecule has 1 heterocycles. The van der Waals surface area contributed by atoms with Gasteiger partial charge in [0.15, 0.2) is 11.5 Å². The monoisotopic (exact) mass is 240 g/mol. The lowest BCUT2D eigenvalue weighted by atomic mass is 10.2. The molecule has 0 saturated carbocycles. The van der Waals surface area contributed by atoms with E-state index in [0.29, 0.717) is 0 Å². The van der Waals surface area contributed by atoms with Gasteiger partial charge in [-0.25, -0.2) is 4.79 Å². The van der Waals surface area contributed by atoms with Gasteiger partial charge in [-0.3, -0.25) is 9.59 Å². The van der Waals surface area contributed by atoms with E-state index in [2.05, 4.69) is 15.0 Å². The van der Waals surface area contributed by atoms with Crippen molar-refractivity contribution in [3.63, 3.8) is 0 Å². The van der Waals surface area contributed by atoms with E-state index in [0.717, 1.165) is 7.11 Å². The van der Waals surface area contributed by atoms with Gasteiger partial charge in [0.25, 0.3) is 5.91 Å². The van der Waals surface area contributed by atoms with E-state index in [4.69, 9.17) is 0 Å². The molecular formula is C10H12N2O5. The minimum Gasteiger partial charge on any atom is -0.467 e. The van der Waals surface area contributed by atoms with Crippen LogP contribution in [0.5, 0.6) is 0 Å². The maximum atomic E-state index is 11.5. The number of pyridine rings is 1. The first-order valence-electron chi connectivity index (χ1n) is 4.77. The molecule has 92 valence electrons. The summed E-state index contributed by atoms with van der Waals surface area (Å²) in [4.78, 5) is 36.2. The first-order valence-corrected chi connectivity index (χ1v) is 4.77. The van der Waals surface area contributed by atoms with E-state index in [9.17, 15) is 19.5 Å². The number of aliphatic hydroxyl groups is 1. The van der Waals surface area contributed by atoms with Gasteiger partial charge in [-0.2, -0.15) is 0 Å². The number of carbonyl (C=O) groups is 2. The molecule has 0 radical (unpaired) electrons. The number of hydrogen-bond acceptors (Lipinski definition) is 5. The van der Waals surface area contributed by atoms with Crippen molar-refractivity contribution in [1.82, 2.24) is 10.3 Å². The minimum absolute atomic E-state index is 0.0930. The Morgan fingerprint density at radius 3 is 2.88 bits per heavy atom. The molecule has 0 saturated heterocycles. The van der Waals surface area contributed by atoms with Crippen LogP contribution in [0.25, 0.3) is 0 Å². The number of rotatable bonds is 4. The van der Waals surface area contributed by atoms with Crippen molar-refractivity contribution < 1.29 is 19.4 Å². The third kappa shape index (κ3) is 3.42. The Morgan fingerprint density at radius 1 is 1.59 bits per heavy atom.